The molecule has 0 N–H and O–H groups in total. The van der Waals surface area contributed by atoms with Crippen LogP contribution in [0.1, 0.15) is 5.56 Å². The first-order valence-corrected chi connectivity index (χ1v) is 8.50. The lowest BCUT2D eigenvalue weighted by Gasteiger charge is -2.28. The lowest BCUT2D eigenvalue weighted by Crippen LogP contribution is -2.36. The molecule has 0 bridgehead atoms. The molecular weight excluding hydrogens is 352 g/mol. The molecule has 1 aliphatic rings. The van der Waals surface area contributed by atoms with Gasteiger partial charge >= 0.3 is 0 Å². The van der Waals surface area contributed by atoms with Crippen molar-refractivity contribution in [1.29, 1.82) is 0 Å². The van der Waals surface area contributed by atoms with E-state index in [1.807, 2.05) is 42.6 Å². The van der Waals surface area contributed by atoms with Gasteiger partial charge in [-0.25, -0.2) is 0 Å². The predicted octanol–water partition coefficient (Wildman–Crippen LogP) is 4.70. The second-order valence-electron chi connectivity index (χ2n) is 5.31. The standard InChI is InChI=1S/C19H19BrN2O/c20-17-5-1-3-16(15-17)4-2-10-21-18-6-8-19(9-7-18)22-11-13-23-14-12-22/h1-10,15H,11-14H2. The highest BCUT2D eigenvalue weighted by molar-refractivity contribution is 9.10. The predicted molar refractivity (Wildman–Crippen MR) is 101 cm³/mol. The molecular formula is C19H19BrN2O. The van der Waals surface area contributed by atoms with Crippen molar-refractivity contribution >= 4 is 39.6 Å². The van der Waals surface area contributed by atoms with Crippen LogP contribution in [0, 0.1) is 0 Å². The van der Waals surface area contributed by atoms with Crippen molar-refractivity contribution in [1.82, 2.24) is 0 Å². The quantitative estimate of drug-likeness (QED) is 0.728. The average Bonchev–Trinajstić information content (AvgIpc) is 2.60. The Hall–Kier alpha value is -1.91. The summed E-state index contributed by atoms with van der Waals surface area (Å²) in [6, 6.07) is 16.5. The highest BCUT2D eigenvalue weighted by Crippen LogP contribution is 2.20. The largest absolute Gasteiger partial charge is 0.378 e. The summed E-state index contributed by atoms with van der Waals surface area (Å²) in [5.41, 5.74) is 3.34. The zero-order valence-corrected chi connectivity index (χ0v) is 14.4. The molecule has 2 aromatic carbocycles. The molecule has 118 valence electrons. The van der Waals surface area contributed by atoms with Crippen molar-refractivity contribution in [3.8, 4) is 0 Å². The summed E-state index contributed by atoms with van der Waals surface area (Å²) in [6.07, 6.45) is 5.82. The topological polar surface area (TPSA) is 24.8 Å². The summed E-state index contributed by atoms with van der Waals surface area (Å²) < 4.78 is 6.46. The molecule has 0 aromatic heterocycles. The number of rotatable bonds is 4. The molecule has 0 saturated carbocycles. The Morgan fingerprint density at radius 3 is 2.57 bits per heavy atom. The van der Waals surface area contributed by atoms with Gasteiger partial charge in [-0.15, -0.1) is 0 Å². The van der Waals surface area contributed by atoms with Gasteiger partial charge in [-0.05, 0) is 48.0 Å². The molecule has 3 nitrogen and oxygen atoms in total. The smallest absolute Gasteiger partial charge is 0.0642 e. The van der Waals surface area contributed by atoms with Crippen molar-refractivity contribution in [2.24, 2.45) is 4.99 Å². The van der Waals surface area contributed by atoms with Gasteiger partial charge < -0.3 is 9.64 Å². The van der Waals surface area contributed by atoms with Crippen LogP contribution < -0.4 is 4.90 Å². The van der Waals surface area contributed by atoms with Crippen LogP contribution in [0.5, 0.6) is 0 Å². The monoisotopic (exact) mass is 370 g/mol. The summed E-state index contributed by atoms with van der Waals surface area (Å²) in [6.45, 7) is 3.52. The Balaban J connectivity index is 1.59. The number of hydrogen-bond acceptors (Lipinski definition) is 3. The maximum atomic E-state index is 5.38. The third kappa shape index (κ3) is 4.78. The molecule has 2 aromatic rings. The molecule has 1 fully saturated rings. The minimum Gasteiger partial charge on any atom is -0.378 e. The molecule has 0 radical (unpaired) electrons. The van der Waals surface area contributed by atoms with Gasteiger partial charge in [0.2, 0.25) is 0 Å². The third-order valence-corrected chi connectivity index (χ3v) is 4.17. The minimum absolute atomic E-state index is 0.806. The number of morpholine rings is 1. The van der Waals surface area contributed by atoms with Crippen LogP contribution in [0.15, 0.2) is 64.1 Å². The normalized spacial score (nSPS) is 15.6. The summed E-state index contributed by atoms with van der Waals surface area (Å²) >= 11 is 3.47. The number of benzene rings is 2. The van der Waals surface area contributed by atoms with E-state index in [-0.39, 0.29) is 0 Å². The Morgan fingerprint density at radius 1 is 1.04 bits per heavy atom. The second-order valence-corrected chi connectivity index (χ2v) is 6.22. The van der Waals surface area contributed by atoms with Gasteiger partial charge in [0.05, 0.1) is 18.9 Å². The van der Waals surface area contributed by atoms with Crippen molar-refractivity contribution in [2.45, 2.75) is 0 Å². The molecule has 1 aliphatic heterocycles. The van der Waals surface area contributed by atoms with Crippen molar-refractivity contribution in [3.05, 3.63) is 64.6 Å². The van der Waals surface area contributed by atoms with Gasteiger partial charge in [-0.3, -0.25) is 4.99 Å². The van der Waals surface area contributed by atoms with Gasteiger partial charge in [-0.2, -0.15) is 0 Å². The molecule has 1 saturated heterocycles. The Labute approximate surface area is 145 Å². The van der Waals surface area contributed by atoms with Crippen molar-refractivity contribution in [2.75, 3.05) is 31.2 Å². The van der Waals surface area contributed by atoms with Crippen LogP contribution in [0.25, 0.3) is 6.08 Å². The van der Waals surface area contributed by atoms with E-state index in [1.165, 1.54) is 5.69 Å². The van der Waals surface area contributed by atoms with Crippen LogP contribution in [0.4, 0.5) is 11.4 Å². The molecule has 0 aliphatic carbocycles. The zero-order valence-electron chi connectivity index (χ0n) is 12.9. The van der Waals surface area contributed by atoms with E-state index in [2.05, 4.69) is 50.1 Å². The second kappa shape index (κ2) is 8.09. The number of nitrogens with zero attached hydrogens (tertiary/aromatic N) is 2. The van der Waals surface area contributed by atoms with Gasteiger partial charge in [0.15, 0.2) is 0 Å². The van der Waals surface area contributed by atoms with Crippen LogP contribution in [-0.2, 0) is 4.74 Å². The van der Waals surface area contributed by atoms with Crippen molar-refractivity contribution < 1.29 is 4.74 Å². The van der Waals surface area contributed by atoms with E-state index < -0.39 is 0 Å². The number of ether oxygens (including phenoxy) is 1. The summed E-state index contributed by atoms with van der Waals surface area (Å²) in [7, 11) is 0. The van der Waals surface area contributed by atoms with Gasteiger partial charge in [-0.1, -0.05) is 34.1 Å². The lowest BCUT2D eigenvalue weighted by molar-refractivity contribution is 0.122. The molecule has 23 heavy (non-hydrogen) atoms. The van der Waals surface area contributed by atoms with Crippen LogP contribution >= 0.6 is 15.9 Å². The van der Waals surface area contributed by atoms with Crippen LogP contribution in [0.2, 0.25) is 0 Å². The first-order chi connectivity index (χ1) is 11.3. The number of hydrogen-bond donors (Lipinski definition) is 0. The molecule has 3 rings (SSSR count). The number of halogens is 1. The third-order valence-electron chi connectivity index (χ3n) is 3.67. The molecule has 0 spiro atoms. The highest BCUT2D eigenvalue weighted by atomic mass is 79.9. The SMILES string of the molecule is Brc1cccc(C=CC=Nc2ccc(N3CCOCC3)cc2)c1. The van der Waals surface area contributed by atoms with Gasteiger partial charge in [0.25, 0.3) is 0 Å². The van der Waals surface area contributed by atoms with Crippen LogP contribution in [0.3, 0.4) is 0 Å². The highest BCUT2D eigenvalue weighted by Gasteiger charge is 2.10. The van der Waals surface area contributed by atoms with Crippen LogP contribution in [-0.4, -0.2) is 32.5 Å². The van der Waals surface area contributed by atoms with E-state index in [4.69, 9.17) is 4.74 Å². The number of allylic oxidation sites excluding steroid dienone is 1. The van der Waals surface area contributed by atoms with Gasteiger partial charge in [0.1, 0.15) is 0 Å². The molecule has 1 heterocycles. The molecule has 0 atom stereocenters. The average molecular weight is 371 g/mol. The zero-order chi connectivity index (χ0) is 15.9. The van der Waals surface area contributed by atoms with E-state index in [0.717, 1.165) is 42.0 Å². The summed E-state index contributed by atoms with van der Waals surface area (Å²) in [5, 5.41) is 0. The fourth-order valence-electron chi connectivity index (χ4n) is 2.46. The summed E-state index contributed by atoms with van der Waals surface area (Å²) in [4.78, 5) is 6.80. The minimum atomic E-state index is 0.806. The summed E-state index contributed by atoms with van der Waals surface area (Å²) in [5.74, 6) is 0. The fraction of sp³-hybridized carbons (Fsp3) is 0.211. The first-order valence-electron chi connectivity index (χ1n) is 7.70. The number of aliphatic imine (C=N–C) groups is 1. The molecule has 0 amide bonds. The van der Waals surface area contributed by atoms with E-state index in [1.54, 1.807) is 0 Å². The molecule has 4 heteroatoms. The van der Waals surface area contributed by atoms with E-state index in [0.29, 0.717) is 0 Å². The lowest BCUT2D eigenvalue weighted by atomic mass is 10.2. The van der Waals surface area contributed by atoms with E-state index in [9.17, 15) is 0 Å². The Morgan fingerprint density at radius 2 is 1.83 bits per heavy atom. The Kier molecular flexibility index (Phi) is 5.61. The maximum Gasteiger partial charge on any atom is 0.0642 e. The Bertz CT molecular complexity index is 689. The van der Waals surface area contributed by atoms with Gasteiger partial charge in [0, 0.05) is 29.5 Å². The maximum absolute atomic E-state index is 5.38. The first kappa shape index (κ1) is 16.0. The molecule has 0 unspecified atom stereocenters. The number of anilines is 1. The van der Waals surface area contributed by atoms with Crippen molar-refractivity contribution in [3.63, 3.8) is 0 Å². The fourth-order valence-corrected chi connectivity index (χ4v) is 2.88. The van der Waals surface area contributed by atoms with E-state index >= 15 is 0 Å².